The standard InChI is InChI=1S/C15H28N4O2/c16-6-5-14(20)19-11-9-17(10-12-19)13-15(21)18-7-3-1-2-4-8-18/h1-13,16H2. The maximum absolute atomic E-state index is 12.3. The summed E-state index contributed by atoms with van der Waals surface area (Å²) in [5, 5.41) is 0. The van der Waals surface area contributed by atoms with Gasteiger partial charge in [-0.3, -0.25) is 14.5 Å². The van der Waals surface area contributed by atoms with Crippen LogP contribution in [-0.2, 0) is 9.59 Å². The number of hydrogen-bond donors (Lipinski definition) is 1. The molecule has 0 bridgehead atoms. The van der Waals surface area contributed by atoms with Gasteiger partial charge in [0.25, 0.3) is 0 Å². The van der Waals surface area contributed by atoms with Gasteiger partial charge in [-0.2, -0.15) is 0 Å². The van der Waals surface area contributed by atoms with E-state index >= 15 is 0 Å². The molecule has 2 saturated heterocycles. The van der Waals surface area contributed by atoms with Crippen LogP contribution in [0.3, 0.4) is 0 Å². The largest absolute Gasteiger partial charge is 0.342 e. The number of likely N-dealkylation sites (tertiary alicyclic amines) is 1. The molecule has 2 N–H and O–H groups in total. The number of carbonyl (C=O) groups excluding carboxylic acids is 2. The van der Waals surface area contributed by atoms with E-state index in [2.05, 4.69) is 4.90 Å². The molecule has 0 aromatic rings. The van der Waals surface area contributed by atoms with Crippen molar-refractivity contribution in [2.24, 2.45) is 5.73 Å². The minimum Gasteiger partial charge on any atom is -0.342 e. The molecule has 0 aromatic heterocycles. The predicted molar refractivity (Wildman–Crippen MR) is 81.7 cm³/mol. The Balaban J connectivity index is 1.72. The van der Waals surface area contributed by atoms with Gasteiger partial charge in [0.2, 0.25) is 11.8 Å². The van der Waals surface area contributed by atoms with Crippen molar-refractivity contribution in [2.75, 3.05) is 52.4 Å². The zero-order valence-corrected chi connectivity index (χ0v) is 12.9. The Bertz CT molecular complexity index is 346. The SMILES string of the molecule is NCCC(=O)N1CCN(CC(=O)N2CCCCCC2)CC1. The van der Waals surface area contributed by atoms with Crippen LogP contribution in [0.4, 0.5) is 0 Å². The second-order valence-electron chi connectivity index (χ2n) is 5.99. The highest BCUT2D eigenvalue weighted by molar-refractivity contribution is 5.78. The van der Waals surface area contributed by atoms with Crippen LogP contribution < -0.4 is 5.73 Å². The van der Waals surface area contributed by atoms with Crippen molar-refractivity contribution in [2.45, 2.75) is 32.1 Å². The molecule has 21 heavy (non-hydrogen) atoms. The fourth-order valence-electron chi connectivity index (χ4n) is 3.05. The molecule has 0 unspecified atom stereocenters. The van der Waals surface area contributed by atoms with Gasteiger partial charge >= 0.3 is 0 Å². The highest BCUT2D eigenvalue weighted by Crippen LogP contribution is 2.11. The molecule has 0 spiro atoms. The van der Waals surface area contributed by atoms with Crippen LogP contribution in [0.25, 0.3) is 0 Å². The van der Waals surface area contributed by atoms with Gasteiger partial charge in [-0.1, -0.05) is 12.8 Å². The lowest BCUT2D eigenvalue weighted by molar-refractivity contribution is -0.135. The number of carbonyl (C=O) groups is 2. The lowest BCUT2D eigenvalue weighted by Crippen LogP contribution is -2.51. The molecule has 2 fully saturated rings. The average molecular weight is 296 g/mol. The second-order valence-corrected chi connectivity index (χ2v) is 5.99. The maximum Gasteiger partial charge on any atom is 0.236 e. The summed E-state index contributed by atoms with van der Waals surface area (Å²) in [7, 11) is 0. The van der Waals surface area contributed by atoms with Gasteiger partial charge in [-0.15, -0.1) is 0 Å². The van der Waals surface area contributed by atoms with E-state index in [0.717, 1.165) is 39.0 Å². The Morgan fingerprint density at radius 3 is 1.90 bits per heavy atom. The van der Waals surface area contributed by atoms with Crippen molar-refractivity contribution in [1.29, 1.82) is 0 Å². The molecule has 0 radical (unpaired) electrons. The molecule has 2 amide bonds. The van der Waals surface area contributed by atoms with Crippen molar-refractivity contribution < 1.29 is 9.59 Å². The molecular weight excluding hydrogens is 268 g/mol. The van der Waals surface area contributed by atoms with Crippen LogP contribution in [0.1, 0.15) is 32.1 Å². The number of amides is 2. The molecule has 2 aliphatic rings. The van der Waals surface area contributed by atoms with Crippen LogP contribution in [0.2, 0.25) is 0 Å². The van der Waals surface area contributed by atoms with E-state index in [4.69, 9.17) is 5.73 Å². The third-order valence-electron chi connectivity index (χ3n) is 4.40. The molecule has 0 atom stereocenters. The normalized spacial score (nSPS) is 21.2. The third-order valence-corrected chi connectivity index (χ3v) is 4.40. The van der Waals surface area contributed by atoms with Crippen LogP contribution in [0.15, 0.2) is 0 Å². The number of rotatable bonds is 4. The summed E-state index contributed by atoms with van der Waals surface area (Å²) in [6.45, 7) is 5.73. The van der Waals surface area contributed by atoms with Crippen molar-refractivity contribution in [3.8, 4) is 0 Å². The van der Waals surface area contributed by atoms with Gasteiger partial charge in [0.15, 0.2) is 0 Å². The topological polar surface area (TPSA) is 69.9 Å². The van der Waals surface area contributed by atoms with Crippen LogP contribution in [0, 0.1) is 0 Å². The van der Waals surface area contributed by atoms with Gasteiger partial charge in [0.05, 0.1) is 6.54 Å². The van der Waals surface area contributed by atoms with E-state index in [1.807, 2.05) is 9.80 Å². The van der Waals surface area contributed by atoms with Gasteiger partial charge in [0, 0.05) is 52.2 Å². The number of nitrogens with zero attached hydrogens (tertiary/aromatic N) is 3. The van der Waals surface area contributed by atoms with Crippen molar-refractivity contribution in [3.05, 3.63) is 0 Å². The van der Waals surface area contributed by atoms with E-state index in [-0.39, 0.29) is 11.8 Å². The highest BCUT2D eigenvalue weighted by Gasteiger charge is 2.24. The first-order valence-electron chi connectivity index (χ1n) is 8.18. The quantitative estimate of drug-likeness (QED) is 0.785. The third kappa shape index (κ3) is 4.97. The Hall–Kier alpha value is -1.14. The molecule has 2 aliphatic heterocycles. The van der Waals surface area contributed by atoms with E-state index in [0.29, 0.717) is 32.6 Å². The van der Waals surface area contributed by atoms with Crippen LogP contribution in [0.5, 0.6) is 0 Å². The molecule has 6 nitrogen and oxygen atoms in total. The highest BCUT2D eigenvalue weighted by atomic mass is 16.2. The first-order chi connectivity index (χ1) is 10.2. The summed E-state index contributed by atoms with van der Waals surface area (Å²) in [5.74, 6) is 0.384. The first-order valence-corrected chi connectivity index (χ1v) is 8.18. The second kappa shape index (κ2) is 8.34. The molecular formula is C15H28N4O2. The number of hydrogen-bond acceptors (Lipinski definition) is 4. The fraction of sp³-hybridized carbons (Fsp3) is 0.867. The molecule has 0 saturated carbocycles. The summed E-state index contributed by atoms with van der Waals surface area (Å²) < 4.78 is 0. The number of nitrogens with two attached hydrogens (primary N) is 1. The monoisotopic (exact) mass is 296 g/mol. The van der Waals surface area contributed by atoms with Gasteiger partial charge in [-0.05, 0) is 12.8 Å². The Labute approximate surface area is 127 Å². The predicted octanol–water partition coefficient (Wildman–Crippen LogP) is -0.118. The zero-order valence-electron chi connectivity index (χ0n) is 12.9. The Morgan fingerprint density at radius 1 is 0.762 bits per heavy atom. The van der Waals surface area contributed by atoms with Crippen molar-refractivity contribution >= 4 is 11.8 Å². The van der Waals surface area contributed by atoms with E-state index < -0.39 is 0 Å². The smallest absolute Gasteiger partial charge is 0.236 e. The molecule has 120 valence electrons. The molecule has 0 aromatic carbocycles. The molecule has 2 rings (SSSR count). The first kappa shape index (κ1) is 16.2. The van der Waals surface area contributed by atoms with Gasteiger partial charge in [0.1, 0.15) is 0 Å². The van der Waals surface area contributed by atoms with Crippen LogP contribution >= 0.6 is 0 Å². The maximum atomic E-state index is 12.3. The zero-order chi connectivity index (χ0) is 15.1. The van der Waals surface area contributed by atoms with Gasteiger partial charge in [-0.25, -0.2) is 0 Å². The summed E-state index contributed by atoms with van der Waals surface area (Å²) >= 11 is 0. The van der Waals surface area contributed by atoms with E-state index in [1.54, 1.807) is 0 Å². The average Bonchev–Trinajstić information content (AvgIpc) is 2.77. The molecule has 2 heterocycles. The lowest BCUT2D eigenvalue weighted by atomic mass is 10.2. The summed E-state index contributed by atoms with van der Waals surface area (Å²) in [5.41, 5.74) is 5.42. The number of piperazine rings is 1. The molecule has 6 heteroatoms. The Morgan fingerprint density at radius 2 is 1.33 bits per heavy atom. The van der Waals surface area contributed by atoms with Crippen LogP contribution in [-0.4, -0.2) is 78.9 Å². The van der Waals surface area contributed by atoms with Crippen molar-refractivity contribution in [1.82, 2.24) is 14.7 Å². The lowest BCUT2D eigenvalue weighted by Gasteiger charge is -2.35. The minimum atomic E-state index is 0.135. The Kier molecular flexibility index (Phi) is 6.45. The summed E-state index contributed by atoms with van der Waals surface area (Å²) in [4.78, 5) is 30.1. The van der Waals surface area contributed by atoms with E-state index in [9.17, 15) is 9.59 Å². The van der Waals surface area contributed by atoms with Crippen molar-refractivity contribution in [3.63, 3.8) is 0 Å². The minimum absolute atomic E-state index is 0.135. The van der Waals surface area contributed by atoms with E-state index in [1.165, 1.54) is 12.8 Å². The van der Waals surface area contributed by atoms with Gasteiger partial charge < -0.3 is 15.5 Å². The fourth-order valence-corrected chi connectivity index (χ4v) is 3.05. The molecule has 0 aliphatic carbocycles. The summed E-state index contributed by atoms with van der Waals surface area (Å²) in [6, 6.07) is 0. The summed E-state index contributed by atoms with van der Waals surface area (Å²) in [6.07, 6.45) is 5.17.